The number of aryl methyl sites for hydroxylation is 1. The van der Waals surface area contributed by atoms with Gasteiger partial charge in [0.05, 0.1) is 12.1 Å². The number of aromatic nitrogens is 1. The molecule has 0 aliphatic rings. The monoisotopic (exact) mass is 355 g/mol. The molecule has 1 heterocycles. The number of amides is 2. The number of carbonyl (C=O) groups excluding carboxylic acids is 2. The van der Waals surface area contributed by atoms with E-state index in [2.05, 4.69) is 10.3 Å². The molecule has 3 aromatic rings. The number of para-hydroxylation sites is 1. The van der Waals surface area contributed by atoms with E-state index >= 15 is 0 Å². The molecule has 128 valence electrons. The molecule has 5 nitrogen and oxygen atoms in total. The number of H-pyrrole nitrogens is 1. The van der Waals surface area contributed by atoms with Crippen LogP contribution < -0.4 is 5.32 Å². The van der Waals surface area contributed by atoms with E-state index in [9.17, 15) is 9.59 Å². The zero-order chi connectivity index (χ0) is 18.0. The fourth-order valence-corrected chi connectivity index (χ4v) is 2.83. The summed E-state index contributed by atoms with van der Waals surface area (Å²) >= 11 is 5.96. The van der Waals surface area contributed by atoms with Gasteiger partial charge in [-0.3, -0.25) is 9.59 Å². The molecule has 3 rings (SSSR count). The quantitative estimate of drug-likeness (QED) is 0.746. The predicted octanol–water partition coefficient (Wildman–Crippen LogP) is 3.84. The fraction of sp³-hybridized carbons (Fsp3) is 0.158. The molecule has 1 aromatic heterocycles. The molecule has 0 saturated heterocycles. The van der Waals surface area contributed by atoms with Crippen LogP contribution in [0.2, 0.25) is 5.02 Å². The second-order valence-electron chi connectivity index (χ2n) is 5.92. The minimum Gasteiger partial charge on any atom is -0.360 e. The zero-order valence-electron chi connectivity index (χ0n) is 14.0. The summed E-state index contributed by atoms with van der Waals surface area (Å²) in [6.07, 6.45) is 1.67. The highest BCUT2D eigenvalue weighted by Gasteiger charge is 2.18. The van der Waals surface area contributed by atoms with Crippen LogP contribution in [0.1, 0.15) is 15.9 Å². The van der Waals surface area contributed by atoms with E-state index in [1.54, 1.807) is 25.4 Å². The van der Waals surface area contributed by atoms with Crippen LogP contribution in [0.5, 0.6) is 0 Å². The highest BCUT2D eigenvalue weighted by molar-refractivity contribution is 6.31. The minimum absolute atomic E-state index is 0.0513. The first-order valence-electron chi connectivity index (χ1n) is 7.83. The average molecular weight is 356 g/mol. The van der Waals surface area contributed by atoms with Gasteiger partial charge in [-0.1, -0.05) is 35.9 Å². The number of carbonyl (C=O) groups is 2. The molecule has 0 fully saturated rings. The molecule has 0 unspecified atom stereocenters. The Morgan fingerprint density at radius 1 is 1.20 bits per heavy atom. The first-order valence-corrected chi connectivity index (χ1v) is 8.21. The summed E-state index contributed by atoms with van der Waals surface area (Å²) in [5.41, 5.74) is 2.98. The smallest absolute Gasteiger partial charge is 0.256 e. The van der Waals surface area contributed by atoms with E-state index in [-0.39, 0.29) is 18.4 Å². The largest absolute Gasteiger partial charge is 0.360 e. The molecule has 0 spiro atoms. The van der Waals surface area contributed by atoms with E-state index in [1.807, 2.05) is 37.3 Å². The van der Waals surface area contributed by atoms with Gasteiger partial charge in [0.25, 0.3) is 5.91 Å². The standard InChI is InChI=1S/C19H18ClN3O2/c1-12-7-8-13(20)9-17(12)22-18(24)11-23(2)19(25)15-10-21-16-6-4-3-5-14(15)16/h3-10,21H,11H2,1-2H3,(H,22,24). The SMILES string of the molecule is Cc1ccc(Cl)cc1NC(=O)CN(C)C(=O)c1c[nH]c2ccccc12. The molecule has 2 aromatic carbocycles. The third kappa shape index (κ3) is 3.67. The maximum absolute atomic E-state index is 12.6. The zero-order valence-corrected chi connectivity index (χ0v) is 14.7. The van der Waals surface area contributed by atoms with Crippen molar-refractivity contribution < 1.29 is 9.59 Å². The highest BCUT2D eigenvalue weighted by Crippen LogP contribution is 2.21. The van der Waals surface area contributed by atoms with Crippen molar-refractivity contribution in [3.05, 3.63) is 64.8 Å². The lowest BCUT2D eigenvalue weighted by atomic mass is 10.1. The van der Waals surface area contributed by atoms with Crippen molar-refractivity contribution in [3.63, 3.8) is 0 Å². The molecule has 6 heteroatoms. The van der Waals surface area contributed by atoms with Crippen molar-refractivity contribution in [1.82, 2.24) is 9.88 Å². The third-order valence-electron chi connectivity index (χ3n) is 4.02. The minimum atomic E-state index is -0.277. The Morgan fingerprint density at radius 3 is 2.76 bits per heavy atom. The number of fused-ring (bicyclic) bond motifs is 1. The number of nitrogens with one attached hydrogen (secondary N) is 2. The number of anilines is 1. The van der Waals surface area contributed by atoms with E-state index in [1.165, 1.54) is 4.90 Å². The average Bonchev–Trinajstić information content (AvgIpc) is 3.01. The fourth-order valence-electron chi connectivity index (χ4n) is 2.66. The van der Waals surface area contributed by atoms with E-state index in [0.717, 1.165) is 16.5 Å². The first kappa shape index (κ1) is 17.0. The predicted molar refractivity (Wildman–Crippen MR) is 100 cm³/mol. The maximum atomic E-state index is 12.6. The van der Waals surface area contributed by atoms with Gasteiger partial charge in [-0.25, -0.2) is 0 Å². The molecule has 0 radical (unpaired) electrons. The van der Waals surface area contributed by atoms with Crippen molar-refractivity contribution in [2.45, 2.75) is 6.92 Å². The molecule has 0 aliphatic carbocycles. The lowest BCUT2D eigenvalue weighted by Crippen LogP contribution is -2.35. The van der Waals surface area contributed by atoms with Gasteiger partial charge >= 0.3 is 0 Å². The van der Waals surface area contributed by atoms with Crippen molar-refractivity contribution in [1.29, 1.82) is 0 Å². The van der Waals surface area contributed by atoms with Gasteiger partial charge in [0.1, 0.15) is 0 Å². The Morgan fingerprint density at radius 2 is 1.96 bits per heavy atom. The molecule has 2 amide bonds. The topological polar surface area (TPSA) is 65.2 Å². The number of likely N-dealkylation sites (N-methyl/N-ethyl adjacent to an activating group) is 1. The molecule has 0 saturated carbocycles. The highest BCUT2D eigenvalue weighted by atomic mass is 35.5. The van der Waals surface area contributed by atoms with Crippen LogP contribution in [0, 0.1) is 6.92 Å². The van der Waals surface area contributed by atoms with Gasteiger partial charge in [0.15, 0.2) is 0 Å². The Hall–Kier alpha value is -2.79. The third-order valence-corrected chi connectivity index (χ3v) is 4.26. The summed E-state index contributed by atoms with van der Waals surface area (Å²) in [6.45, 7) is 1.83. The molecule has 2 N–H and O–H groups in total. The van der Waals surface area contributed by atoms with Crippen LogP contribution in [0.15, 0.2) is 48.7 Å². The van der Waals surface area contributed by atoms with Crippen LogP contribution in [-0.4, -0.2) is 35.3 Å². The number of nitrogens with zero attached hydrogens (tertiary/aromatic N) is 1. The normalized spacial score (nSPS) is 10.7. The van der Waals surface area contributed by atoms with Crippen LogP contribution in [-0.2, 0) is 4.79 Å². The maximum Gasteiger partial charge on any atom is 0.256 e. The summed E-state index contributed by atoms with van der Waals surface area (Å²) in [4.78, 5) is 29.4. The molecule has 25 heavy (non-hydrogen) atoms. The van der Waals surface area contributed by atoms with Crippen LogP contribution in [0.3, 0.4) is 0 Å². The molecule has 0 bridgehead atoms. The first-order chi connectivity index (χ1) is 12.0. The second kappa shape index (κ2) is 6.99. The Balaban J connectivity index is 1.71. The number of rotatable bonds is 4. The summed E-state index contributed by atoms with van der Waals surface area (Å²) in [5, 5.41) is 4.18. The Labute approximate surface area is 150 Å². The van der Waals surface area contributed by atoms with Gasteiger partial charge < -0.3 is 15.2 Å². The second-order valence-corrected chi connectivity index (χ2v) is 6.35. The number of aromatic amines is 1. The van der Waals surface area contributed by atoms with Gasteiger partial charge in [-0.2, -0.15) is 0 Å². The number of benzene rings is 2. The van der Waals surface area contributed by atoms with Crippen LogP contribution in [0.25, 0.3) is 10.9 Å². The molecular formula is C19H18ClN3O2. The summed E-state index contributed by atoms with van der Waals surface area (Å²) in [7, 11) is 1.61. The molecule has 0 atom stereocenters. The van der Waals surface area contributed by atoms with Crippen LogP contribution in [0.4, 0.5) is 5.69 Å². The van der Waals surface area contributed by atoms with Gasteiger partial charge in [-0.15, -0.1) is 0 Å². The van der Waals surface area contributed by atoms with Gasteiger partial charge in [0.2, 0.25) is 5.91 Å². The number of hydrogen-bond donors (Lipinski definition) is 2. The number of halogens is 1. The summed E-state index contributed by atoms with van der Waals surface area (Å²) in [5.74, 6) is -0.489. The van der Waals surface area contributed by atoms with E-state index < -0.39 is 0 Å². The van der Waals surface area contributed by atoms with Gasteiger partial charge in [0, 0.05) is 34.9 Å². The lowest BCUT2D eigenvalue weighted by Gasteiger charge is -2.17. The lowest BCUT2D eigenvalue weighted by molar-refractivity contribution is -0.116. The van der Waals surface area contributed by atoms with Crippen molar-refractivity contribution in [2.75, 3.05) is 18.9 Å². The van der Waals surface area contributed by atoms with Crippen LogP contribution >= 0.6 is 11.6 Å². The molecular weight excluding hydrogens is 338 g/mol. The van der Waals surface area contributed by atoms with Crippen molar-refractivity contribution in [2.24, 2.45) is 0 Å². The summed E-state index contributed by atoms with van der Waals surface area (Å²) < 4.78 is 0. The Kier molecular flexibility index (Phi) is 4.76. The molecule has 0 aliphatic heterocycles. The Bertz CT molecular complexity index is 949. The number of hydrogen-bond acceptors (Lipinski definition) is 2. The van der Waals surface area contributed by atoms with Crippen molar-refractivity contribution in [3.8, 4) is 0 Å². The van der Waals surface area contributed by atoms with Gasteiger partial charge in [-0.05, 0) is 30.7 Å². The summed E-state index contributed by atoms with van der Waals surface area (Å²) in [6, 6.07) is 12.8. The van der Waals surface area contributed by atoms with E-state index in [4.69, 9.17) is 11.6 Å². The van der Waals surface area contributed by atoms with E-state index in [0.29, 0.717) is 16.3 Å². The van der Waals surface area contributed by atoms with Crippen molar-refractivity contribution >= 4 is 40.0 Å².